The Hall–Kier alpha value is -1.71. The zero-order valence-corrected chi connectivity index (χ0v) is 6.61. The fraction of sp³-hybridized carbons (Fsp3) is 0.111. The van der Waals surface area contributed by atoms with Crippen LogP contribution in [0.25, 0.3) is 0 Å². The third kappa shape index (κ3) is 1.90. The highest BCUT2D eigenvalue weighted by atomic mass is 19.1. The average Bonchev–Trinajstić information content (AvgIpc) is 2.10. The van der Waals surface area contributed by atoms with E-state index in [9.17, 15) is 14.0 Å². The molecule has 0 radical (unpaired) electrons. The molecule has 0 heterocycles. The van der Waals surface area contributed by atoms with Gasteiger partial charge in [0.15, 0.2) is 0 Å². The van der Waals surface area contributed by atoms with E-state index in [2.05, 4.69) is 0 Å². The normalized spacial score (nSPS) is 10.0. The fourth-order valence-corrected chi connectivity index (χ4v) is 0.965. The maximum Gasteiger partial charge on any atom is 0.134 e. The number of hydrogen-bond donors (Lipinski definition) is 1. The molecule has 0 saturated heterocycles. The van der Waals surface area contributed by atoms with Crippen LogP contribution < -0.4 is 0 Å². The Kier molecular flexibility index (Phi) is 2.74. The highest BCUT2D eigenvalue weighted by Crippen LogP contribution is 2.20. The van der Waals surface area contributed by atoms with Gasteiger partial charge < -0.3 is 14.7 Å². The molecule has 0 saturated carbocycles. The van der Waals surface area contributed by atoms with Crippen LogP contribution in [0.3, 0.4) is 0 Å². The van der Waals surface area contributed by atoms with Gasteiger partial charge in [-0.1, -0.05) is 6.07 Å². The van der Waals surface area contributed by atoms with E-state index >= 15 is 0 Å². The molecule has 0 fully saturated rings. The van der Waals surface area contributed by atoms with Gasteiger partial charge in [0.1, 0.15) is 24.1 Å². The Morgan fingerprint density at radius 2 is 1.92 bits per heavy atom. The molecule has 1 aromatic rings. The van der Waals surface area contributed by atoms with E-state index in [1.165, 1.54) is 12.1 Å². The van der Waals surface area contributed by atoms with Crippen LogP contribution in [0.2, 0.25) is 0 Å². The molecule has 1 aromatic carbocycles. The number of benzene rings is 1. The second-order valence-electron chi connectivity index (χ2n) is 2.50. The Balaban J connectivity index is 3.13. The van der Waals surface area contributed by atoms with Crippen molar-refractivity contribution in [2.24, 2.45) is 0 Å². The number of aldehydes is 2. The average molecular weight is 182 g/mol. The standard InChI is InChI=1S/C9H7FO3/c10-9-3-7(13)1-2-8(9)6(4-11)5-12/h1-6,13H. The number of hydrogen-bond acceptors (Lipinski definition) is 3. The van der Waals surface area contributed by atoms with E-state index in [1.807, 2.05) is 0 Å². The first-order valence-electron chi connectivity index (χ1n) is 3.58. The molecule has 0 aliphatic rings. The summed E-state index contributed by atoms with van der Waals surface area (Å²) in [6.07, 6.45) is 0.699. The third-order valence-electron chi connectivity index (χ3n) is 1.64. The molecule has 0 atom stereocenters. The van der Waals surface area contributed by atoms with Crippen molar-refractivity contribution in [3.05, 3.63) is 29.6 Å². The van der Waals surface area contributed by atoms with Crippen molar-refractivity contribution < 1.29 is 19.1 Å². The van der Waals surface area contributed by atoms with Crippen LogP contribution in [0.15, 0.2) is 18.2 Å². The molecule has 0 aliphatic heterocycles. The molecular formula is C9H7FO3. The first kappa shape index (κ1) is 9.38. The molecule has 0 amide bonds. The Morgan fingerprint density at radius 3 is 2.38 bits per heavy atom. The van der Waals surface area contributed by atoms with Gasteiger partial charge in [-0.3, -0.25) is 0 Å². The smallest absolute Gasteiger partial charge is 0.134 e. The van der Waals surface area contributed by atoms with E-state index in [4.69, 9.17) is 5.11 Å². The minimum absolute atomic E-state index is 0.0252. The summed E-state index contributed by atoms with van der Waals surface area (Å²) >= 11 is 0. The van der Waals surface area contributed by atoms with E-state index < -0.39 is 11.7 Å². The predicted molar refractivity (Wildman–Crippen MR) is 42.9 cm³/mol. The second kappa shape index (κ2) is 3.80. The summed E-state index contributed by atoms with van der Waals surface area (Å²) < 4.78 is 13.0. The van der Waals surface area contributed by atoms with Gasteiger partial charge in [0.05, 0.1) is 5.92 Å². The van der Waals surface area contributed by atoms with Crippen LogP contribution >= 0.6 is 0 Å². The van der Waals surface area contributed by atoms with Gasteiger partial charge >= 0.3 is 0 Å². The van der Waals surface area contributed by atoms with E-state index in [-0.39, 0.29) is 11.3 Å². The van der Waals surface area contributed by atoms with Crippen LogP contribution in [0, 0.1) is 5.82 Å². The predicted octanol–water partition coefficient (Wildman–Crippen LogP) is 1.01. The topological polar surface area (TPSA) is 54.4 Å². The van der Waals surface area contributed by atoms with Crippen LogP contribution in [0.5, 0.6) is 5.75 Å². The van der Waals surface area contributed by atoms with Gasteiger partial charge in [-0.05, 0) is 6.07 Å². The summed E-state index contributed by atoms with van der Waals surface area (Å²) in [6.45, 7) is 0. The van der Waals surface area contributed by atoms with E-state index in [0.717, 1.165) is 6.07 Å². The van der Waals surface area contributed by atoms with Crippen molar-refractivity contribution in [3.8, 4) is 5.75 Å². The highest BCUT2D eigenvalue weighted by Gasteiger charge is 2.13. The van der Waals surface area contributed by atoms with Crippen molar-refractivity contribution in [2.75, 3.05) is 0 Å². The molecule has 1 N–H and O–H groups in total. The molecule has 68 valence electrons. The lowest BCUT2D eigenvalue weighted by Gasteiger charge is -2.04. The van der Waals surface area contributed by atoms with Gasteiger partial charge in [0.25, 0.3) is 0 Å². The quantitative estimate of drug-likeness (QED) is 0.560. The van der Waals surface area contributed by atoms with E-state index in [0.29, 0.717) is 12.6 Å². The summed E-state index contributed by atoms with van der Waals surface area (Å²) in [6, 6.07) is 3.28. The van der Waals surface area contributed by atoms with Crippen LogP contribution in [0.1, 0.15) is 11.5 Å². The molecule has 1 rings (SSSR count). The summed E-state index contributed by atoms with van der Waals surface area (Å²) in [5, 5.41) is 8.85. The number of carbonyl (C=O) groups is 2. The molecular weight excluding hydrogens is 175 g/mol. The highest BCUT2D eigenvalue weighted by molar-refractivity contribution is 5.85. The van der Waals surface area contributed by atoms with Crippen molar-refractivity contribution in [1.29, 1.82) is 0 Å². The fourth-order valence-electron chi connectivity index (χ4n) is 0.965. The first-order valence-corrected chi connectivity index (χ1v) is 3.58. The molecule has 13 heavy (non-hydrogen) atoms. The SMILES string of the molecule is O=CC(C=O)c1ccc(O)cc1F. The van der Waals surface area contributed by atoms with Crippen molar-refractivity contribution in [1.82, 2.24) is 0 Å². The summed E-state index contributed by atoms with van der Waals surface area (Å²) in [4.78, 5) is 20.6. The van der Waals surface area contributed by atoms with Crippen molar-refractivity contribution >= 4 is 12.6 Å². The Bertz CT molecular complexity index is 328. The lowest BCUT2D eigenvalue weighted by atomic mass is 10.0. The van der Waals surface area contributed by atoms with Crippen LogP contribution in [0.4, 0.5) is 4.39 Å². The largest absolute Gasteiger partial charge is 0.508 e. The van der Waals surface area contributed by atoms with Gasteiger partial charge in [-0.25, -0.2) is 4.39 Å². The summed E-state index contributed by atoms with van der Waals surface area (Å²) in [5.74, 6) is -2.10. The second-order valence-corrected chi connectivity index (χ2v) is 2.50. The number of rotatable bonds is 3. The number of phenolic OH excluding ortho intramolecular Hbond substituents is 1. The van der Waals surface area contributed by atoms with Gasteiger partial charge in [-0.2, -0.15) is 0 Å². The minimum atomic E-state index is -1.10. The van der Waals surface area contributed by atoms with Crippen molar-refractivity contribution in [2.45, 2.75) is 5.92 Å². The van der Waals surface area contributed by atoms with Gasteiger partial charge in [-0.15, -0.1) is 0 Å². The van der Waals surface area contributed by atoms with Crippen LogP contribution in [-0.4, -0.2) is 17.7 Å². The lowest BCUT2D eigenvalue weighted by Crippen LogP contribution is -2.03. The van der Waals surface area contributed by atoms with Crippen molar-refractivity contribution in [3.63, 3.8) is 0 Å². The number of phenols is 1. The number of halogens is 1. The summed E-state index contributed by atoms with van der Waals surface area (Å²) in [5.41, 5.74) is -0.0252. The van der Waals surface area contributed by atoms with Gasteiger partial charge in [0.2, 0.25) is 0 Å². The monoisotopic (exact) mass is 182 g/mol. The molecule has 3 nitrogen and oxygen atoms in total. The molecule has 0 aromatic heterocycles. The molecule has 0 unspecified atom stereocenters. The maximum atomic E-state index is 13.0. The Morgan fingerprint density at radius 1 is 1.31 bits per heavy atom. The maximum absolute atomic E-state index is 13.0. The Labute approximate surface area is 73.8 Å². The molecule has 0 aliphatic carbocycles. The first-order chi connectivity index (χ1) is 6.19. The number of aromatic hydroxyl groups is 1. The summed E-state index contributed by atoms with van der Waals surface area (Å²) in [7, 11) is 0. The zero-order valence-electron chi connectivity index (χ0n) is 6.61. The zero-order chi connectivity index (χ0) is 9.84. The van der Waals surface area contributed by atoms with Gasteiger partial charge in [0, 0.05) is 11.6 Å². The minimum Gasteiger partial charge on any atom is -0.508 e. The molecule has 4 heteroatoms. The molecule has 0 bridgehead atoms. The van der Waals surface area contributed by atoms with Crippen LogP contribution in [-0.2, 0) is 9.59 Å². The number of carbonyl (C=O) groups excluding carboxylic acids is 2. The molecule has 0 spiro atoms. The third-order valence-corrected chi connectivity index (χ3v) is 1.64. The van der Waals surface area contributed by atoms with E-state index in [1.54, 1.807) is 0 Å². The lowest BCUT2D eigenvalue weighted by molar-refractivity contribution is -0.116.